The first-order valence-corrected chi connectivity index (χ1v) is 17.6. The predicted molar refractivity (Wildman–Crippen MR) is 212 cm³/mol. The summed E-state index contributed by atoms with van der Waals surface area (Å²) in [5, 5.41) is 8.79. The number of hydrogen-bond donors (Lipinski definition) is 0. The van der Waals surface area contributed by atoms with Crippen LogP contribution in [-0.4, -0.2) is 0 Å². The number of anilines is 3. The Morgan fingerprint density at radius 1 is 0.521 bits per heavy atom. The number of halogens is 3. The van der Waals surface area contributed by atoms with E-state index in [-0.39, 0.29) is 5.41 Å². The van der Waals surface area contributed by atoms with E-state index in [1.54, 1.807) is 0 Å². The third-order valence-electron chi connectivity index (χ3n) is 9.32. The quantitative estimate of drug-likeness (QED) is 0.126. The van der Waals surface area contributed by atoms with Crippen molar-refractivity contribution in [2.75, 3.05) is 4.90 Å². The largest absolute Gasteiger partial charge is 0.308 e. The first kappa shape index (κ1) is 31.0. The summed E-state index contributed by atoms with van der Waals surface area (Å²) in [5.41, 5.74) is 8.57. The molecule has 0 bridgehead atoms. The average molecular weight is 726 g/mol. The van der Waals surface area contributed by atoms with Crippen LogP contribution in [0.4, 0.5) is 17.1 Å². The van der Waals surface area contributed by atoms with Crippen LogP contribution in [0.2, 0.25) is 10.0 Å². The molecule has 0 spiro atoms. The van der Waals surface area contributed by atoms with Gasteiger partial charge in [-0.1, -0.05) is 135 Å². The molecule has 4 heteroatoms. The van der Waals surface area contributed by atoms with Gasteiger partial charge in [0.05, 0.1) is 16.4 Å². The molecule has 0 N–H and O–H groups in total. The highest BCUT2D eigenvalue weighted by molar-refractivity contribution is 9.10. The highest BCUT2D eigenvalue weighted by Gasteiger charge is 2.24. The lowest BCUT2D eigenvalue weighted by atomic mass is 9.84. The first-order chi connectivity index (χ1) is 23.2. The molecule has 0 saturated carbocycles. The summed E-state index contributed by atoms with van der Waals surface area (Å²) in [6.45, 7) is 6.78. The van der Waals surface area contributed by atoms with Crippen molar-refractivity contribution in [1.82, 2.24) is 0 Å². The summed E-state index contributed by atoms with van der Waals surface area (Å²) in [6.07, 6.45) is 0. The first-order valence-electron chi connectivity index (χ1n) is 16.1. The Bertz CT molecular complexity index is 2400. The van der Waals surface area contributed by atoms with E-state index in [0.29, 0.717) is 10.0 Å². The molecule has 8 aromatic carbocycles. The molecular formula is C44H32BrCl2N. The topological polar surface area (TPSA) is 3.24 Å². The number of benzene rings is 8. The molecule has 0 unspecified atom stereocenters. The zero-order valence-electron chi connectivity index (χ0n) is 26.9. The Kier molecular flexibility index (Phi) is 7.72. The van der Waals surface area contributed by atoms with E-state index in [4.69, 9.17) is 23.2 Å². The number of rotatable bonds is 5. The standard InChI is InChI=1S/C44H32BrCl2N/c1-44(2,3)34-18-21-39(37(24-34)33-22-31-14-12-29-10-7-11-30-13-15-32(23-33)42(31)41(29)30)48(40-26-35(46)25-38(45)43(40)47)36-19-16-28(17-20-36)27-8-5-4-6-9-27/h4-26H,1-3H3. The second kappa shape index (κ2) is 12.0. The van der Waals surface area contributed by atoms with E-state index >= 15 is 0 Å². The number of nitrogens with zero attached hydrogens (tertiary/aromatic N) is 1. The average Bonchev–Trinajstić information content (AvgIpc) is 3.09. The van der Waals surface area contributed by atoms with Gasteiger partial charge in [-0.05, 0) is 124 Å². The van der Waals surface area contributed by atoms with Crippen molar-refractivity contribution in [1.29, 1.82) is 0 Å². The van der Waals surface area contributed by atoms with Crippen molar-refractivity contribution in [2.24, 2.45) is 0 Å². The van der Waals surface area contributed by atoms with Gasteiger partial charge in [0.15, 0.2) is 0 Å². The molecule has 0 aliphatic heterocycles. The summed E-state index contributed by atoms with van der Waals surface area (Å²) >= 11 is 17.5. The molecule has 0 heterocycles. The zero-order valence-corrected chi connectivity index (χ0v) is 30.0. The van der Waals surface area contributed by atoms with Gasteiger partial charge in [0, 0.05) is 20.7 Å². The molecule has 0 atom stereocenters. The summed E-state index contributed by atoms with van der Waals surface area (Å²) in [7, 11) is 0. The smallest absolute Gasteiger partial charge is 0.0789 e. The van der Waals surface area contributed by atoms with Gasteiger partial charge in [0.25, 0.3) is 0 Å². The monoisotopic (exact) mass is 723 g/mol. The minimum absolute atomic E-state index is 0.0533. The summed E-state index contributed by atoms with van der Waals surface area (Å²) in [5.74, 6) is 0. The van der Waals surface area contributed by atoms with Crippen molar-refractivity contribution in [2.45, 2.75) is 26.2 Å². The van der Waals surface area contributed by atoms with Crippen LogP contribution in [0.5, 0.6) is 0 Å². The molecule has 0 amide bonds. The van der Waals surface area contributed by atoms with Gasteiger partial charge in [-0.15, -0.1) is 0 Å². The number of hydrogen-bond acceptors (Lipinski definition) is 1. The second-order valence-corrected chi connectivity index (χ2v) is 15.1. The van der Waals surface area contributed by atoms with Gasteiger partial charge in [-0.2, -0.15) is 0 Å². The van der Waals surface area contributed by atoms with Gasteiger partial charge in [-0.3, -0.25) is 0 Å². The van der Waals surface area contributed by atoms with Crippen LogP contribution in [0.3, 0.4) is 0 Å². The fourth-order valence-corrected chi connectivity index (χ4v) is 7.87. The molecule has 0 fully saturated rings. The Morgan fingerprint density at radius 3 is 1.77 bits per heavy atom. The maximum atomic E-state index is 7.12. The van der Waals surface area contributed by atoms with Crippen LogP contribution in [0.1, 0.15) is 26.3 Å². The molecule has 48 heavy (non-hydrogen) atoms. The maximum Gasteiger partial charge on any atom is 0.0789 e. The van der Waals surface area contributed by atoms with Crippen LogP contribution in [0.25, 0.3) is 54.6 Å². The third-order valence-corrected chi connectivity index (χ3v) is 10.8. The molecule has 0 aromatic heterocycles. The predicted octanol–water partition coefficient (Wildman–Crippen LogP) is 14.8. The van der Waals surface area contributed by atoms with Crippen molar-refractivity contribution < 1.29 is 0 Å². The third kappa shape index (κ3) is 5.43. The van der Waals surface area contributed by atoms with Crippen molar-refractivity contribution in [3.05, 3.63) is 160 Å². The zero-order chi connectivity index (χ0) is 33.2. The second-order valence-electron chi connectivity index (χ2n) is 13.5. The van der Waals surface area contributed by atoms with Gasteiger partial charge in [-0.25, -0.2) is 0 Å². The maximum absolute atomic E-state index is 7.12. The Hall–Kier alpha value is -4.34. The lowest BCUT2D eigenvalue weighted by molar-refractivity contribution is 0.590. The fraction of sp³-hybridized carbons (Fsp3) is 0.0909. The molecule has 8 rings (SSSR count). The van der Waals surface area contributed by atoms with E-state index < -0.39 is 0 Å². The van der Waals surface area contributed by atoms with Gasteiger partial charge < -0.3 is 4.90 Å². The highest BCUT2D eigenvalue weighted by atomic mass is 79.9. The van der Waals surface area contributed by atoms with Gasteiger partial charge in [0.1, 0.15) is 0 Å². The summed E-state index contributed by atoms with van der Waals surface area (Å²) in [4.78, 5) is 2.24. The van der Waals surface area contributed by atoms with E-state index in [2.05, 4.69) is 163 Å². The normalized spacial score (nSPS) is 12.0. The Labute approximate surface area is 299 Å². The summed E-state index contributed by atoms with van der Waals surface area (Å²) in [6, 6.07) is 49.9. The minimum atomic E-state index is -0.0533. The molecule has 234 valence electrons. The molecule has 0 radical (unpaired) electrons. The van der Waals surface area contributed by atoms with E-state index in [9.17, 15) is 0 Å². The van der Waals surface area contributed by atoms with E-state index in [0.717, 1.165) is 38.2 Å². The van der Waals surface area contributed by atoms with Crippen LogP contribution in [0, 0.1) is 0 Å². The molecule has 0 aliphatic rings. The van der Waals surface area contributed by atoms with Crippen LogP contribution in [0.15, 0.2) is 144 Å². The lowest BCUT2D eigenvalue weighted by Gasteiger charge is -2.31. The Morgan fingerprint density at radius 2 is 1.12 bits per heavy atom. The van der Waals surface area contributed by atoms with Crippen molar-refractivity contribution in [3.8, 4) is 22.3 Å². The SMILES string of the molecule is CC(C)(C)c1ccc(N(c2ccc(-c3ccccc3)cc2)c2cc(Cl)cc(Br)c2Cl)c(-c2cc3ccc4cccc5ccc(c2)c3c45)c1. The van der Waals surface area contributed by atoms with Gasteiger partial charge in [0.2, 0.25) is 0 Å². The molecule has 0 aliphatic carbocycles. The van der Waals surface area contributed by atoms with Crippen LogP contribution in [-0.2, 0) is 5.41 Å². The van der Waals surface area contributed by atoms with Crippen LogP contribution < -0.4 is 4.90 Å². The van der Waals surface area contributed by atoms with E-state index in [1.165, 1.54) is 43.4 Å². The molecule has 1 nitrogen and oxygen atoms in total. The van der Waals surface area contributed by atoms with Gasteiger partial charge >= 0.3 is 0 Å². The lowest BCUT2D eigenvalue weighted by Crippen LogP contribution is -2.15. The van der Waals surface area contributed by atoms with Crippen molar-refractivity contribution >= 4 is 88.5 Å². The molecule has 8 aromatic rings. The van der Waals surface area contributed by atoms with Crippen molar-refractivity contribution in [3.63, 3.8) is 0 Å². The highest BCUT2D eigenvalue weighted by Crippen LogP contribution is 2.48. The van der Waals surface area contributed by atoms with Crippen LogP contribution >= 0.6 is 39.1 Å². The molecule has 0 saturated heterocycles. The summed E-state index contributed by atoms with van der Waals surface area (Å²) < 4.78 is 0.744. The molecular weight excluding hydrogens is 693 g/mol. The minimum Gasteiger partial charge on any atom is -0.308 e. The van der Waals surface area contributed by atoms with E-state index in [1.807, 2.05) is 18.2 Å². The fourth-order valence-electron chi connectivity index (χ4n) is 6.88. The Balaban J connectivity index is 1.40.